The molecule has 1 atom stereocenters. The van der Waals surface area contributed by atoms with Crippen molar-refractivity contribution in [3.8, 4) is 0 Å². The fourth-order valence-corrected chi connectivity index (χ4v) is 1.94. The highest BCUT2D eigenvalue weighted by Crippen LogP contribution is 2.13. The standard InChI is InChI=1S/C16H21N3O2/c1-11(2)10-21-12(3)16(20)9-13-8-15(19-18-13)14-6-4-5-7-17-14/h4-7,11-12H,8-10H2,1-3H3. The van der Waals surface area contributed by atoms with Gasteiger partial charge in [0.25, 0.3) is 0 Å². The van der Waals surface area contributed by atoms with Gasteiger partial charge < -0.3 is 4.74 Å². The average Bonchev–Trinajstić information content (AvgIpc) is 2.94. The van der Waals surface area contributed by atoms with E-state index in [1.54, 1.807) is 13.1 Å². The number of carbonyl (C=O) groups excluding carboxylic acids is 1. The van der Waals surface area contributed by atoms with E-state index in [9.17, 15) is 4.79 Å². The Kier molecular flexibility index (Phi) is 5.33. The highest BCUT2D eigenvalue weighted by atomic mass is 16.5. The van der Waals surface area contributed by atoms with E-state index in [0.717, 1.165) is 17.1 Å². The van der Waals surface area contributed by atoms with Crippen molar-refractivity contribution in [1.29, 1.82) is 0 Å². The van der Waals surface area contributed by atoms with Gasteiger partial charge in [-0.25, -0.2) is 0 Å². The first kappa shape index (κ1) is 15.5. The molecule has 2 heterocycles. The summed E-state index contributed by atoms with van der Waals surface area (Å²) < 4.78 is 5.53. The number of rotatable bonds is 7. The highest BCUT2D eigenvalue weighted by Gasteiger charge is 2.21. The molecule has 5 heteroatoms. The minimum atomic E-state index is -0.394. The summed E-state index contributed by atoms with van der Waals surface area (Å²) in [6.45, 7) is 6.51. The van der Waals surface area contributed by atoms with Crippen molar-refractivity contribution in [1.82, 2.24) is 4.98 Å². The third kappa shape index (κ3) is 4.56. The smallest absolute Gasteiger partial charge is 0.166 e. The third-order valence-corrected chi connectivity index (χ3v) is 3.16. The molecule has 0 saturated carbocycles. The van der Waals surface area contributed by atoms with Crippen LogP contribution in [-0.4, -0.2) is 34.9 Å². The number of nitrogens with zero attached hydrogens (tertiary/aromatic N) is 3. The maximum Gasteiger partial charge on any atom is 0.166 e. The number of ether oxygens (including phenoxy) is 1. The Labute approximate surface area is 125 Å². The van der Waals surface area contributed by atoms with Crippen LogP contribution in [0.3, 0.4) is 0 Å². The summed E-state index contributed by atoms with van der Waals surface area (Å²) in [7, 11) is 0. The van der Waals surface area contributed by atoms with Crippen LogP contribution in [0.25, 0.3) is 0 Å². The molecule has 2 rings (SSSR count). The molecule has 1 unspecified atom stereocenters. The second kappa shape index (κ2) is 7.22. The maximum atomic E-state index is 12.1. The molecule has 1 aliphatic rings. The maximum absolute atomic E-state index is 12.1. The fourth-order valence-electron chi connectivity index (χ4n) is 1.94. The van der Waals surface area contributed by atoms with E-state index in [4.69, 9.17) is 4.74 Å². The first-order chi connectivity index (χ1) is 10.1. The topological polar surface area (TPSA) is 63.9 Å². The molecular weight excluding hydrogens is 266 g/mol. The zero-order valence-corrected chi connectivity index (χ0v) is 12.7. The zero-order valence-electron chi connectivity index (χ0n) is 12.7. The highest BCUT2D eigenvalue weighted by molar-refractivity contribution is 6.18. The molecule has 21 heavy (non-hydrogen) atoms. The number of aromatic nitrogens is 1. The van der Waals surface area contributed by atoms with Gasteiger partial charge in [0.05, 0.1) is 17.1 Å². The lowest BCUT2D eigenvalue weighted by Gasteiger charge is -2.13. The lowest BCUT2D eigenvalue weighted by Crippen LogP contribution is -2.25. The number of ketones is 1. The summed E-state index contributed by atoms with van der Waals surface area (Å²) in [4.78, 5) is 16.3. The van der Waals surface area contributed by atoms with Crippen molar-refractivity contribution in [2.45, 2.75) is 39.7 Å². The summed E-state index contributed by atoms with van der Waals surface area (Å²) in [5, 5.41) is 8.22. The van der Waals surface area contributed by atoms with Crippen LogP contribution in [0.2, 0.25) is 0 Å². The van der Waals surface area contributed by atoms with Crippen LogP contribution >= 0.6 is 0 Å². The molecule has 1 aromatic rings. The van der Waals surface area contributed by atoms with Crippen molar-refractivity contribution in [3.05, 3.63) is 30.1 Å². The molecular formula is C16H21N3O2. The molecule has 0 fully saturated rings. The Balaban J connectivity index is 1.82. The number of hydrogen-bond acceptors (Lipinski definition) is 5. The van der Waals surface area contributed by atoms with Gasteiger partial charge in [-0.3, -0.25) is 9.78 Å². The van der Waals surface area contributed by atoms with E-state index < -0.39 is 6.10 Å². The molecule has 0 radical (unpaired) electrons. The molecule has 0 N–H and O–H groups in total. The lowest BCUT2D eigenvalue weighted by atomic mass is 10.0. The quantitative estimate of drug-likeness (QED) is 0.774. The van der Waals surface area contributed by atoms with Gasteiger partial charge in [-0.2, -0.15) is 10.2 Å². The number of Topliss-reactive ketones (excluding diaryl/α,β-unsaturated/α-hetero) is 1. The van der Waals surface area contributed by atoms with Gasteiger partial charge in [0.1, 0.15) is 6.10 Å². The van der Waals surface area contributed by atoms with Crippen molar-refractivity contribution >= 4 is 17.2 Å². The van der Waals surface area contributed by atoms with Gasteiger partial charge in [-0.1, -0.05) is 19.9 Å². The van der Waals surface area contributed by atoms with Gasteiger partial charge in [-0.05, 0) is 25.0 Å². The summed E-state index contributed by atoms with van der Waals surface area (Å²) in [6, 6.07) is 5.67. The molecule has 112 valence electrons. The largest absolute Gasteiger partial charge is 0.370 e. The van der Waals surface area contributed by atoms with Gasteiger partial charge in [0.15, 0.2) is 5.78 Å². The zero-order chi connectivity index (χ0) is 15.2. The Morgan fingerprint density at radius 3 is 2.76 bits per heavy atom. The van der Waals surface area contributed by atoms with Crippen LogP contribution in [-0.2, 0) is 9.53 Å². The summed E-state index contributed by atoms with van der Waals surface area (Å²) in [5.41, 5.74) is 2.41. The van der Waals surface area contributed by atoms with Crippen LogP contribution in [0.1, 0.15) is 39.3 Å². The second-order valence-corrected chi connectivity index (χ2v) is 5.62. The van der Waals surface area contributed by atoms with Crippen LogP contribution in [0.5, 0.6) is 0 Å². The first-order valence-electron chi connectivity index (χ1n) is 7.24. The average molecular weight is 287 g/mol. The van der Waals surface area contributed by atoms with Gasteiger partial charge in [0, 0.05) is 25.6 Å². The van der Waals surface area contributed by atoms with Crippen LogP contribution < -0.4 is 0 Å². The Morgan fingerprint density at radius 1 is 1.29 bits per heavy atom. The van der Waals surface area contributed by atoms with E-state index in [1.165, 1.54) is 0 Å². The first-order valence-corrected chi connectivity index (χ1v) is 7.24. The SMILES string of the molecule is CC(C)COC(C)C(=O)CC1=NN=C(c2ccccn2)C1. The minimum Gasteiger partial charge on any atom is -0.370 e. The molecule has 0 spiro atoms. The molecule has 0 bridgehead atoms. The summed E-state index contributed by atoms with van der Waals surface area (Å²) >= 11 is 0. The van der Waals surface area contributed by atoms with E-state index in [2.05, 4.69) is 29.0 Å². The molecule has 0 saturated heterocycles. The Morgan fingerprint density at radius 2 is 2.10 bits per heavy atom. The normalized spacial score (nSPS) is 15.8. The number of hydrogen-bond donors (Lipinski definition) is 0. The van der Waals surface area contributed by atoms with Crippen molar-refractivity contribution in [3.63, 3.8) is 0 Å². The minimum absolute atomic E-state index is 0.0480. The molecule has 1 aliphatic heterocycles. The van der Waals surface area contributed by atoms with Gasteiger partial charge in [-0.15, -0.1) is 0 Å². The molecule has 0 amide bonds. The van der Waals surface area contributed by atoms with E-state index in [0.29, 0.717) is 25.4 Å². The van der Waals surface area contributed by atoms with Crippen molar-refractivity contribution in [2.75, 3.05) is 6.61 Å². The monoisotopic (exact) mass is 287 g/mol. The van der Waals surface area contributed by atoms with Crippen LogP contribution in [0.4, 0.5) is 0 Å². The molecule has 0 aliphatic carbocycles. The van der Waals surface area contributed by atoms with E-state index in [-0.39, 0.29) is 5.78 Å². The summed E-state index contributed by atoms with van der Waals surface area (Å²) in [5.74, 6) is 0.468. The second-order valence-electron chi connectivity index (χ2n) is 5.62. The molecule has 1 aromatic heterocycles. The predicted octanol–water partition coefficient (Wildman–Crippen LogP) is 2.65. The summed E-state index contributed by atoms with van der Waals surface area (Å²) in [6.07, 6.45) is 2.20. The van der Waals surface area contributed by atoms with Crippen LogP contribution in [0, 0.1) is 5.92 Å². The van der Waals surface area contributed by atoms with Gasteiger partial charge >= 0.3 is 0 Å². The van der Waals surface area contributed by atoms with Crippen molar-refractivity contribution < 1.29 is 9.53 Å². The Hall–Kier alpha value is -1.88. The third-order valence-electron chi connectivity index (χ3n) is 3.16. The Bertz CT molecular complexity index is 550. The molecule has 0 aromatic carbocycles. The number of carbonyl (C=O) groups is 1. The number of pyridine rings is 1. The fraction of sp³-hybridized carbons (Fsp3) is 0.500. The van der Waals surface area contributed by atoms with Crippen molar-refractivity contribution in [2.24, 2.45) is 16.1 Å². The van der Waals surface area contributed by atoms with Gasteiger partial charge in [0.2, 0.25) is 0 Å². The predicted molar refractivity (Wildman–Crippen MR) is 82.7 cm³/mol. The lowest BCUT2D eigenvalue weighted by molar-refractivity contribution is -0.128. The molecule has 5 nitrogen and oxygen atoms in total. The van der Waals surface area contributed by atoms with Crippen LogP contribution in [0.15, 0.2) is 34.6 Å². The van der Waals surface area contributed by atoms with E-state index >= 15 is 0 Å². The van der Waals surface area contributed by atoms with E-state index in [1.807, 2.05) is 18.2 Å².